The molecule has 2 heterocycles. The molecule has 1 fully saturated rings. The van der Waals surface area contributed by atoms with E-state index in [1.807, 2.05) is 19.1 Å². The van der Waals surface area contributed by atoms with E-state index < -0.39 is 0 Å². The number of piperazine rings is 1. The molecule has 0 unspecified atom stereocenters. The Kier molecular flexibility index (Phi) is 3.92. The van der Waals surface area contributed by atoms with Crippen molar-refractivity contribution in [3.05, 3.63) is 47.0 Å². The number of nitrogens with zero attached hydrogens (tertiary/aromatic N) is 3. The van der Waals surface area contributed by atoms with E-state index in [2.05, 4.69) is 26.9 Å². The fraction of sp³-hybridized carbons (Fsp3) is 0.438. The van der Waals surface area contributed by atoms with Gasteiger partial charge < -0.3 is 4.90 Å². The zero-order valence-corrected chi connectivity index (χ0v) is 12.6. The minimum absolute atomic E-state index is 0.172. The molecule has 0 radical (unpaired) electrons. The molecule has 1 aliphatic heterocycles. The molecule has 21 heavy (non-hydrogen) atoms. The number of hydrogen-bond donors (Lipinski definition) is 1. The normalized spacial score (nSPS) is 16.4. The number of H-pyrrole nitrogens is 1. The van der Waals surface area contributed by atoms with Gasteiger partial charge in [0.05, 0.1) is 17.1 Å². The van der Waals surface area contributed by atoms with Gasteiger partial charge in [0.1, 0.15) is 5.82 Å². The standard InChI is InChI=1S/C16H21FN4/c1-12-16(13(2)19-18-12)21-9-7-20(8-10-21)11-14-3-5-15(17)6-4-14/h3-6H,7-11H2,1-2H3,(H,18,19). The summed E-state index contributed by atoms with van der Waals surface area (Å²) in [6.45, 7) is 9.04. The average Bonchev–Trinajstić information content (AvgIpc) is 2.82. The first-order valence-corrected chi connectivity index (χ1v) is 7.37. The van der Waals surface area contributed by atoms with Crippen molar-refractivity contribution >= 4 is 5.69 Å². The summed E-state index contributed by atoms with van der Waals surface area (Å²) in [5.41, 5.74) is 4.62. The van der Waals surface area contributed by atoms with Gasteiger partial charge >= 0.3 is 0 Å². The summed E-state index contributed by atoms with van der Waals surface area (Å²) < 4.78 is 12.9. The van der Waals surface area contributed by atoms with Gasteiger partial charge in [-0.15, -0.1) is 0 Å². The monoisotopic (exact) mass is 288 g/mol. The van der Waals surface area contributed by atoms with Crippen LogP contribution in [-0.2, 0) is 6.54 Å². The SMILES string of the molecule is Cc1n[nH]c(C)c1N1CCN(Cc2ccc(F)cc2)CC1. The van der Waals surface area contributed by atoms with Crippen LogP contribution >= 0.6 is 0 Å². The molecule has 0 spiro atoms. The van der Waals surface area contributed by atoms with Crippen molar-refractivity contribution < 1.29 is 4.39 Å². The zero-order chi connectivity index (χ0) is 14.8. The maximum Gasteiger partial charge on any atom is 0.123 e. The number of rotatable bonds is 3. The smallest absolute Gasteiger partial charge is 0.123 e. The van der Waals surface area contributed by atoms with Gasteiger partial charge in [0, 0.05) is 32.7 Å². The summed E-state index contributed by atoms with van der Waals surface area (Å²) in [5.74, 6) is -0.172. The summed E-state index contributed by atoms with van der Waals surface area (Å²) in [5, 5.41) is 7.32. The molecule has 0 amide bonds. The molecular formula is C16H21FN4. The van der Waals surface area contributed by atoms with Crippen molar-refractivity contribution in [2.24, 2.45) is 0 Å². The molecule has 1 N–H and O–H groups in total. The van der Waals surface area contributed by atoms with E-state index in [9.17, 15) is 4.39 Å². The van der Waals surface area contributed by atoms with E-state index in [-0.39, 0.29) is 5.82 Å². The third-order valence-corrected chi connectivity index (χ3v) is 4.10. The second kappa shape index (κ2) is 5.85. The van der Waals surface area contributed by atoms with Crippen LogP contribution in [0.2, 0.25) is 0 Å². The van der Waals surface area contributed by atoms with Crippen molar-refractivity contribution in [1.29, 1.82) is 0 Å². The van der Waals surface area contributed by atoms with E-state index in [0.717, 1.165) is 44.1 Å². The fourth-order valence-corrected chi connectivity index (χ4v) is 2.99. The van der Waals surface area contributed by atoms with E-state index in [1.54, 1.807) is 0 Å². The number of benzene rings is 1. The van der Waals surface area contributed by atoms with E-state index in [1.165, 1.54) is 23.4 Å². The number of halogens is 1. The second-order valence-corrected chi connectivity index (χ2v) is 5.67. The zero-order valence-electron chi connectivity index (χ0n) is 12.6. The van der Waals surface area contributed by atoms with Gasteiger partial charge in [-0.2, -0.15) is 5.10 Å². The van der Waals surface area contributed by atoms with Gasteiger partial charge in [-0.3, -0.25) is 10.00 Å². The van der Waals surface area contributed by atoms with Crippen molar-refractivity contribution in [1.82, 2.24) is 15.1 Å². The van der Waals surface area contributed by atoms with Gasteiger partial charge in [0.2, 0.25) is 0 Å². The Morgan fingerprint density at radius 3 is 2.33 bits per heavy atom. The van der Waals surface area contributed by atoms with Crippen molar-refractivity contribution in [2.45, 2.75) is 20.4 Å². The Hall–Kier alpha value is -1.88. The Morgan fingerprint density at radius 1 is 1.10 bits per heavy atom. The molecule has 112 valence electrons. The van der Waals surface area contributed by atoms with Gasteiger partial charge in [-0.05, 0) is 31.5 Å². The van der Waals surface area contributed by atoms with E-state index in [0.29, 0.717) is 0 Å². The highest BCUT2D eigenvalue weighted by Crippen LogP contribution is 2.23. The number of hydrogen-bond acceptors (Lipinski definition) is 3. The molecular weight excluding hydrogens is 267 g/mol. The lowest BCUT2D eigenvalue weighted by molar-refractivity contribution is 0.249. The van der Waals surface area contributed by atoms with Crippen LogP contribution in [0.25, 0.3) is 0 Å². The maximum absolute atomic E-state index is 12.9. The fourth-order valence-electron chi connectivity index (χ4n) is 2.99. The van der Waals surface area contributed by atoms with Gasteiger partial charge in [0.25, 0.3) is 0 Å². The third kappa shape index (κ3) is 3.08. The Balaban J connectivity index is 1.59. The highest BCUT2D eigenvalue weighted by Gasteiger charge is 2.21. The lowest BCUT2D eigenvalue weighted by Gasteiger charge is -2.36. The quantitative estimate of drug-likeness (QED) is 0.942. The molecule has 0 saturated carbocycles. The van der Waals surface area contributed by atoms with Crippen molar-refractivity contribution in [3.8, 4) is 0 Å². The summed E-state index contributed by atoms with van der Waals surface area (Å²) in [7, 11) is 0. The second-order valence-electron chi connectivity index (χ2n) is 5.67. The molecule has 0 bridgehead atoms. The topological polar surface area (TPSA) is 35.2 Å². The minimum atomic E-state index is -0.172. The molecule has 1 saturated heterocycles. The van der Waals surface area contributed by atoms with Crippen LogP contribution in [0.1, 0.15) is 17.0 Å². The molecule has 4 nitrogen and oxygen atoms in total. The molecule has 5 heteroatoms. The largest absolute Gasteiger partial charge is 0.366 e. The van der Waals surface area contributed by atoms with Crippen LogP contribution < -0.4 is 4.90 Å². The van der Waals surface area contributed by atoms with Gasteiger partial charge in [0.15, 0.2) is 0 Å². The molecule has 1 aromatic heterocycles. The van der Waals surface area contributed by atoms with E-state index >= 15 is 0 Å². The molecule has 1 aromatic carbocycles. The highest BCUT2D eigenvalue weighted by atomic mass is 19.1. The predicted octanol–water partition coefficient (Wildman–Crippen LogP) is 2.49. The first kappa shape index (κ1) is 14.1. The Morgan fingerprint density at radius 2 is 1.76 bits per heavy atom. The molecule has 0 aliphatic carbocycles. The van der Waals surface area contributed by atoms with Crippen LogP contribution in [0, 0.1) is 19.7 Å². The Bertz CT molecular complexity index is 578. The molecule has 2 aromatic rings. The van der Waals surface area contributed by atoms with Crippen LogP contribution in [-0.4, -0.2) is 41.3 Å². The number of anilines is 1. The number of aromatic nitrogens is 2. The third-order valence-electron chi connectivity index (χ3n) is 4.10. The van der Waals surface area contributed by atoms with E-state index in [4.69, 9.17) is 0 Å². The Labute approximate surface area is 124 Å². The van der Waals surface area contributed by atoms with Crippen molar-refractivity contribution in [2.75, 3.05) is 31.1 Å². The maximum atomic E-state index is 12.9. The molecule has 1 aliphatic rings. The van der Waals surface area contributed by atoms with Crippen LogP contribution in [0.4, 0.5) is 10.1 Å². The van der Waals surface area contributed by atoms with Crippen LogP contribution in [0.15, 0.2) is 24.3 Å². The number of aryl methyl sites for hydroxylation is 2. The lowest BCUT2D eigenvalue weighted by atomic mass is 10.2. The lowest BCUT2D eigenvalue weighted by Crippen LogP contribution is -2.46. The average molecular weight is 288 g/mol. The molecule has 0 atom stereocenters. The van der Waals surface area contributed by atoms with Crippen molar-refractivity contribution in [3.63, 3.8) is 0 Å². The van der Waals surface area contributed by atoms with Gasteiger partial charge in [-0.1, -0.05) is 12.1 Å². The highest BCUT2D eigenvalue weighted by molar-refractivity contribution is 5.54. The predicted molar refractivity (Wildman–Crippen MR) is 82.0 cm³/mol. The summed E-state index contributed by atoms with van der Waals surface area (Å²) >= 11 is 0. The summed E-state index contributed by atoms with van der Waals surface area (Å²) in [6, 6.07) is 6.80. The van der Waals surface area contributed by atoms with Crippen LogP contribution in [0.3, 0.4) is 0 Å². The number of aromatic amines is 1. The van der Waals surface area contributed by atoms with Gasteiger partial charge in [-0.25, -0.2) is 4.39 Å². The molecule has 3 rings (SSSR count). The first-order valence-electron chi connectivity index (χ1n) is 7.37. The minimum Gasteiger partial charge on any atom is -0.366 e. The summed E-state index contributed by atoms with van der Waals surface area (Å²) in [4.78, 5) is 4.81. The number of nitrogens with one attached hydrogen (secondary N) is 1. The van der Waals surface area contributed by atoms with Crippen LogP contribution in [0.5, 0.6) is 0 Å². The summed E-state index contributed by atoms with van der Waals surface area (Å²) in [6.07, 6.45) is 0. The first-order chi connectivity index (χ1) is 10.1.